The second kappa shape index (κ2) is 6.14. The minimum Gasteiger partial charge on any atom is -0.262 e. The molecular formula is C20H28O3S. The van der Waals surface area contributed by atoms with E-state index in [0.29, 0.717) is 22.6 Å². The summed E-state index contributed by atoms with van der Waals surface area (Å²) in [4.78, 5) is 0.309. The highest BCUT2D eigenvalue weighted by atomic mass is 32.2. The number of benzene rings is 1. The van der Waals surface area contributed by atoms with E-state index in [4.69, 9.17) is 4.18 Å². The maximum atomic E-state index is 12.8. The Morgan fingerprint density at radius 3 is 2.04 bits per heavy atom. The van der Waals surface area contributed by atoms with Crippen molar-refractivity contribution in [3.05, 3.63) is 29.8 Å². The molecule has 4 saturated carbocycles. The molecule has 0 heterocycles. The van der Waals surface area contributed by atoms with Crippen molar-refractivity contribution in [3.8, 4) is 0 Å². The third-order valence-electron chi connectivity index (χ3n) is 6.73. The van der Waals surface area contributed by atoms with Crippen LogP contribution in [0.25, 0.3) is 0 Å². The Hall–Kier alpha value is -0.870. The molecule has 3 nitrogen and oxygen atoms in total. The van der Waals surface area contributed by atoms with E-state index in [0.717, 1.165) is 18.3 Å². The monoisotopic (exact) mass is 348 g/mol. The van der Waals surface area contributed by atoms with Crippen LogP contribution in [0, 0.1) is 23.7 Å². The van der Waals surface area contributed by atoms with Crippen LogP contribution in [0.1, 0.15) is 63.9 Å². The maximum Gasteiger partial charge on any atom is 0.297 e. The fourth-order valence-electron chi connectivity index (χ4n) is 5.43. The van der Waals surface area contributed by atoms with Crippen LogP contribution in [-0.4, -0.2) is 14.5 Å². The van der Waals surface area contributed by atoms with Gasteiger partial charge in [-0.1, -0.05) is 26.0 Å². The molecule has 132 valence electrons. The standard InChI is InChI=1S/C20H28O3S/c1-3-13(2)16-4-6-19(7-5-16)24(21,22)23-20-17-9-14-8-15(11-17)12-18(20)10-14/h4-7,13-15,17-18,20H,3,8-12H2,1-2H3. The molecule has 4 aliphatic carbocycles. The van der Waals surface area contributed by atoms with Gasteiger partial charge in [0.25, 0.3) is 10.1 Å². The summed E-state index contributed by atoms with van der Waals surface area (Å²) in [6.45, 7) is 4.30. The van der Waals surface area contributed by atoms with E-state index in [9.17, 15) is 8.42 Å². The van der Waals surface area contributed by atoms with Gasteiger partial charge < -0.3 is 0 Å². The summed E-state index contributed by atoms with van der Waals surface area (Å²) in [5.74, 6) is 3.01. The Kier molecular flexibility index (Phi) is 4.24. The van der Waals surface area contributed by atoms with Crippen molar-refractivity contribution in [1.29, 1.82) is 0 Å². The van der Waals surface area contributed by atoms with Crippen molar-refractivity contribution in [2.45, 2.75) is 69.3 Å². The highest BCUT2D eigenvalue weighted by molar-refractivity contribution is 7.86. The smallest absolute Gasteiger partial charge is 0.262 e. The molecule has 5 rings (SSSR count). The van der Waals surface area contributed by atoms with Crippen LogP contribution in [0.3, 0.4) is 0 Å². The number of rotatable bonds is 5. The van der Waals surface area contributed by atoms with Gasteiger partial charge in [0.05, 0.1) is 11.0 Å². The highest BCUT2D eigenvalue weighted by Crippen LogP contribution is 2.55. The Balaban J connectivity index is 1.51. The topological polar surface area (TPSA) is 43.4 Å². The third-order valence-corrected chi connectivity index (χ3v) is 8.05. The van der Waals surface area contributed by atoms with Gasteiger partial charge in [0.15, 0.2) is 0 Å². The molecule has 0 aliphatic heterocycles. The predicted molar refractivity (Wildman–Crippen MR) is 94.3 cm³/mol. The van der Waals surface area contributed by atoms with Gasteiger partial charge in [0, 0.05) is 0 Å². The molecule has 0 radical (unpaired) electrons. The molecule has 4 heteroatoms. The van der Waals surface area contributed by atoms with Crippen molar-refractivity contribution in [2.24, 2.45) is 23.7 Å². The summed E-state index contributed by atoms with van der Waals surface area (Å²) in [6.07, 6.45) is 7.00. The van der Waals surface area contributed by atoms with Gasteiger partial charge in [-0.2, -0.15) is 8.42 Å². The first-order valence-electron chi connectivity index (χ1n) is 9.49. The molecule has 4 bridgehead atoms. The van der Waals surface area contributed by atoms with Crippen molar-refractivity contribution in [1.82, 2.24) is 0 Å². The molecule has 0 spiro atoms. The third kappa shape index (κ3) is 2.92. The lowest BCUT2D eigenvalue weighted by Gasteiger charge is -2.53. The van der Waals surface area contributed by atoms with Crippen molar-refractivity contribution in [2.75, 3.05) is 0 Å². The summed E-state index contributed by atoms with van der Waals surface area (Å²) in [5, 5.41) is 0. The number of hydrogen-bond donors (Lipinski definition) is 0. The molecule has 4 fully saturated rings. The molecule has 24 heavy (non-hydrogen) atoms. The van der Waals surface area contributed by atoms with Gasteiger partial charge in [-0.25, -0.2) is 0 Å². The minimum absolute atomic E-state index is 0.0861. The first-order valence-corrected chi connectivity index (χ1v) is 10.9. The van der Waals surface area contributed by atoms with Crippen molar-refractivity contribution >= 4 is 10.1 Å². The van der Waals surface area contributed by atoms with E-state index in [1.807, 2.05) is 12.1 Å². The lowest BCUT2D eigenvalue weighted by atomic mass is 9.55. The molecule has 0 aromatic heterocycles. The summed E-state index contributed by atoms with van der Waals surface area (Å²) >= 11 is 0. The fourth-order valence-corrected chi connectivity index (χ4v) is 6.62. The van der Waals surface area contributed by atoms with Crippen LogP contribution in [0.4, 0.5) is 0 Å². The van der Waals surface area contributed by atoms with Crippen LogP contribution in [0.15, 0.2) is 29.2 Å². The van der Waals surface area contributed by atoms with E-state index < -0.39 is 10.1 Å². The summed E-state index contributed by atoms with van der Waals surface area (Å²) in [7, 11) is -3.65. The van der Waals surface area contributed by atoms with Gasteiger partial charge >= 0.3 is 0 Å². The lowest BCUT2D eigenvalue weighted by molar-refractivity contribution is -0.0764. The first-order chi connectivity index (χ1) is 11.5. The fraction of sp³-hybridized carbons (Fsp3) is 0.700. The van der Waals surface area contributed by atoms with Gasteiger partial charge in [-0.3, -0.25) is 4.18 Å². The summed E-state index contributed by atoms with van der Waals surface area (Å²) in [5.41, 5.74) is 1.19. The molecule has 1 aromatic rings. The van der Waals surface area contributed by atoms with Crippen LogP contribution in [-0.2, 0) is 14.3 Å². The van der Waals surface area contributed by atoms with E-state index in [1.54, 1.807) is 12.1 Å². The minimum atomic E-state index is -3.65. The zero-order chi connectivity index (χ0) is 16.9. The molecular weight excluding hydrogens is 320 g/mol. The Morgan fingerprint density at radius 2 is 1.54 bits per heavy atom. The van der Waals surface area contributed by atoms with Crippen LogP contribution < -0.4 is 0 Å². The maximum absolute atomic E-state index is 12.8. The second-order valence-corrected chi connectivity index (χ2v) is 9.90. The van der Waals surface area contributed by atoms with Gasteiger partial charge in [0.2, 0.25) is 0 Å². The van der Waals surface area contributed by atoms with E-state index >= 15 is 0 Å². The van der Waals surface area contributed by atoms with Crippen LogP contribution in [0.2, 0.25) is 0 Å². The number of hydrogen-bond acceptors (Lipinski definition) is 3. The van der Waals surface area contributed by atoms with Crippen molar-refractivity contribution in [3.63, 3.8) is 0 Å². The molecule has 4 aliphatic rings. The quantitative estimate of drug-likeness (QED) is 0.723. The SMILES string of the molecule is CCC(C)c1ccc(S(=O)(=O)OC2C3CC4CC(C3)CC2C4)cc1. The van der Waals surface area contributed by atoms with Crippen molar-refractivity contribution < 1.29 is 12.6 Å². The molecule has 0 N–H and O–H groups in total. The van der Waals surface area contributed by atoms with E-state index in [-0.39, 0.29) is 6.10 Å². The average molecular weight is 349 g/mol. The van der Waals surface area contributed by atoms with Crippen LogP contribution >= 0.6 is 0 Å². The molecule has 1 unspecified atom stereocenters. The largest absolute Gasteiger partial charge is 0.297 e. The zero-order valence-corrected chi connectivity index (χ0v) is 15.5. The molecule has 1 atom stereocenters. The normalized spacial score (nSPS) is 36.0. The Morgan fingerprint density at radius 1 is 1.00 bits per heavy atom. The molecule has 1 aromatic carbocycles. The highest BCUT2D eigenvalue weighted by Gasteiger charge is 2.50. The van der Waals surface area contributed by atoms with Gasteiger partial charge in [-0.05, 0) is 85.8 Å². The Labute approximate surface area is 145 Å². The first kappa shape index (κ1) is 16.6. The average Bonchev–Trinajstić information content (AvgIpc) is 2.57. The van der Waals surface area contributed by atoms with E-state index in [1.165, 1.54) is 37.7 Å². The lowest BCUT2D eigenvalue weighted by Crippen LogP contribution is -2.50. The second-order valence-electron chi connectivity index (χ2n) is 8.32. The zero-order valence-electron chi connectivity index (χ0n) is 14.6. The molecule has 0 saturated heterocycles. The van der Waals surface area contributed by atoms with E-state index in [2.05, 4.69) is 13.8 Å². The summed E-state index contributed by atoms with van der Waals surface area (Å²) in [6, 6.07) is 7.29. The Bertz CT molecular complexity index is 664. The predicted octanol–water partition coefficient (Wildman–Crippen LogP) is 4.73. The van der Waals surface area contributed by atoms with Gasteiger partial charge in [-0.15, -0.1) is 0 Å². The molecule has 0 amide bonds. The summed E-state index contributed by atoms with van der Waals surface area (Å²) < 4.78 is 31.3. The van der Waals surface area contributed by atoms with Gasteiger partial charge in [0.1, 0.15) is 0 Å². The van der Waals surface area contributed by atoms with Crippen LogP contribution in [0.5, 0.6) is 0 Å².